The van der Waals surface area contributed by atoms with Gasteiger partial charge < -0.3 is 41.9 Å². The molecule has 0 saturated heterocycles. The smallest absolute Gasteiger partial charge is 0.331 e. The van der Waals surface area contributed by atoms with Gasteiger partial charge in [-0.05, 0) is 147 Å². The van der Waals surface area contributed by atoms with Crippen LogP contribution in [0.3, 0.4) is 0 Å². The quantitative estimate of drug-likeness (QED) is 0.0163. The van der Waals surface area contributed by atoms with E-state index in [1.165, 1.54) is 57.1 Å². The van der Waals surface area contributed by atoms with Gasteiger partial charge in [-0.3, -0.25) is 9.59 Å². The van der Waals surface area contributed by atoms with Crippen LogP contribution in [0.1, 0.15) is 125 Å². The third-order valence-electron chi connectivity index (χ3n) is 12.7. The number of hydrogen-bond acceptors (Lipinski definition) is 12. The number of benzene rings is 4. The van der Waals surface area contributed by atoms with E-state index in [9.17, 15) is 19.2 Å². The van der Waals surface area contributed by atoms with E-state index in [0.717, 1.165) is 68.4 Å². The molecular formula is C56H70N4O8. The lowest BCUT2D eigenvalue weighted by Crippen LogP contribution is -2.25. The highest BCUT2D eigenvalue weighted by atomic mass is 16.5. The lowest BCUT2D eigenvalue weighted by Gasteiger charge is -2.27. The Bertz CT molecular complexity index is 2310. The first-order chi connectivity index (χ1) is 32.9. The van der Waals surface area contributed by atoms with Gasteiger partial charge in [-0.15, -0.1) is 6.58 Å². The Morgan fingerprint density at radius 3 is 1.43 bits per heavy atom. The van der Waals surface area contributed by atoms with Gasteiger partial charge in [-0.1, -0.05) is 82.2 Å². The zero-order valence-corrected chi connectivity index (χ0v) is 39.6. The zero-order chi connectivity index (χ0) is 48.7. The molecule has 4 aromatic carbocycles. The standard InChI is InChI=1S/C31H42N2O4.C25H28N2O4/c1-2-3-4-5-6-7-8-23-9-14-25(15-10-23)31(35)37-28-17-11-24(12-18-28)13-20-30(34)36-22-26-21-27(32)16-19-29(26)33;1-2-17-3-8-19(9-4-17)25(29)31-22-11-5-18(6-12-22)7-14-24(28)30-16-20-15-21(26)10-13-23(20)27/h11-13,16-21,23,25H,2-10,14-15,22,32-33H2,1H3;2,5-7,10-15,17,19H,1,3-4,8-9,16,26-27H2/b20-13+;14-7+. The van der Waals surface area contributed by atoms with Crippen molar-refractivity contribution in [3.8, 4) is 11.5 Å². The molecule has 0 atom stereocenters. The Morgan fingerprint density at radius 1 is 0.559 bits per heavy atom. The average Bonchev–Trinajstić information content (AvgIpc) is 3.35. The molecule has 0 amide bonds. The third kappa shape index (κ3) is 18.1. The number of anilines is 4. The normalized spacial score (nSPS) is 18.0. The van der Waals surface area contributed by atoms with Gasteiger partial charge in [0, 0.05) is 46.0 Å². The van der Waals surface area contributed by atoms with Crippen molar-refractivity contribution < 1.29 is 38.1 Å². The lowest BCUT2D eigenvalue weighted by atomic mass is 9.80. The number of nitrogens with two attached hydrogens (primary N) is 4. The van der Waals surface area contributed by atoms with Crippen LogP contribution in [0.5, 0.6) is 11.5 Å². The largest absolute Gasteiger partial charge is 0.458 e. The minimum atomic E-state index is -0.493. The number of allylic oxidation sites excluding steroid dienone is 1. The molecule has 68 heavy (non-hydrogen) atoms. The van der Waals surface area contributed by atoms with Crippen LogP contribution in [-0.2, 0) is 41.9 Å². The highest BCUT2D eigenvalue weighted by Crippen LogP contribution is 2.34. The molecule has 0 aromatic heterocycles. The van der Waals surface area contributed by atoms with E-state index in [0.29, 0.717) is 51.3 Å². The van der Waals surface area contributed by atoms with E-state index in [1.807, 2.05) is 6.08 Å². The van der Waals surface area contributed by atoms with Gasteiger partial charge in [0.1, 0.15) is 24.7 Å². The Morgan fingerprint density at radius 2 is 0.985 bits per heavy atom. The summed E-state index contributed by atoms with van der Waals surface area (Å²) in [5.74, 6) is 0.923. The number of esters is 4. The molecule has 8 N–H and O–H groups in total. The zero-order valence-electron chi connectivity index (χ0n) is 39.6. The minimum Gasteiger partial charge on any atom is -0.458 e. The molecular weight excluding hydrogens is 857 g/mol. The molecule has 6 rings (SSSR count). The van der Waals surface area contributed by atoms with E-state index < -0.39 is 11.9 Å². The predicted molar refractivity (Wildman–Crippen MR) is 271 cm³/mol. The SMILES string of the molecule is C=CC1CCC(C(=O)Oc2ccc(/C=C/C(=O)OCc3cc(N)ccc3N)cc2)CC1.CCCCCCCCC1CCC(C(=O)Oc2ccc(/C=C/C(=O)OCc3cc(N)ccc3N)cc2)CC1. The fourth-order valence-electron chi connectivity index (χ4n) is 8.41. The van der Waals surface area contributed by atoms with Crippen LogP contribution >= 0.6 is 0 Å². The van der Waals surface area contributed by atoms with Gasteiger partial charge in [0.2, 0.25) is 0 Å². The highest BCUT2D eigenvalue weighted by Gasteiger charge is 2.28. The molecule has 0 radical (unpaired) electrons. The topological polar surface area (TPSA) is 209 Å². The first-order valence-corrected chi connectivity index (χ1v) is 24.1. The maximum atomic E-state index is 12.7. The fourth-order valence-corrected chi connectivity index (χ4v) is 8.41. The second kappa shape index (κ2) is 27.7. The minimum absolute atomic E-state index is 0.0100. The molecule has 2 saturated carbocycles. The van der Waals surface area contributed by atoms with Crippen molar-refractivity contribution in [3.05, 3.63) is 132 Å². The molecule has 4 aromatic rings. The van der Waals surface area contributed by atoms with Crippen LogP contribution < -0.4 is 32.4 Å². The molecule has 0 aliphatic heterocycles. The molecule has 2 fully saturated rings. The van der Waals surface area contributed by atoms with Gasteiger partial charge in [0.15, 0.2) is 0 Å². The highest BCUT2D eigenvalue weighted by molar-refractivity contribution is 5.88. The summed E-state index contributed by atoms with van der Waals surface area (Å²) in [6.45, 7) is 6.17. The maximum absolute atomic E-state index is 12.7. The second-order valence-electron chi connectivity index (χ2n) is 17.9. The average molecular weight is 927 g/mol. The molecule has 2 aliphatic carbocycles. The fraction of sp³-hybridized carbons (Fsp3) is 0.393. The van der Waals surface area contributed by atoms with Crippen LogP contribution in [0, 0.1) is 23.7 Å². The van der Waals surface area contributed by atoms with Crippen molar-refractivity contribution >= 4 is 58.8 Å². The number of carbonyl (C=O) groups is 4. The Kier molecular flexibility index (Phi) is 21.3. The van der Waals surface area contributed by atoms with Gasteiger partial charge in [0.25, 0.3) is 0 Å². The molecule has 2 aliphatic rings. The van der Waals surface area contributed by atoms with Crippen molar-refractivity contribution in [2.75, 3.05) is 22.9 Å². The molecule has 0 unspecified atom stereocenters. The van der Waals surface area contributed by atoms with Crippen LogP contribution in [0.25, 0.3) is 12.2 Å². The Balaban J connectivity index is 0.000000258. The molecule has 0 spiro atoms. The Hall–Kier alpha value is -6.82. The van der Waals surface area contributed by atoms with Gasteiger partial charge in [0.05, 0.1) is 11.8 Å². The third-order valence-corrected chi connectivity index (χ3v) is 12.7. The Labute approximate surface area is 402 Å². The number of nitrogen functional groups attached to an aromatic ring is 4. The van der Waals surface area contributed by atoms with Crippen LogP contribution in [-0.4, -0.2) is 23.9 Å². The summed E-state index contributed by atoms with van der Waals surface area (Å²) in [4.78, 5) is 49.0. The second-order valence-corrected chi connectivity index (χ2v) is 17.9. The molecule has 362 valence electrons. The number of unbranched alkanes of at least 4 members (excludes halogenated alkanes) is 5. The summed E-state index contributed by atoms with van der Waals surface area (Å²) in [6, 6.07) is 24.2. The number of carbonyl (C=O) groups excluding carboxylic acids is 4. The molecule has 12 nitrogen and oxygen atoms in total. The van der Waals surface area contributed by atoms with E-state index in [2.05, 4.69) is 13.5 Å². The van der Waals surface area contributed by atoms with Crippen LogP contribution in [0.4, 0.5) is 22.7 Å². The van der Waals surface area contributed by atoms with Crippen molar-refractivity contribution in [2.45, 2.75) is 116 Å². The van der Waals surface area contributed by atoms with Gasteiger partial charge in [-0.25, -0.2) is 9.59 Å². The maximum Gasteiger partial charge on any atom is 0.331 e. The van der Waals surface area contributed by atoms with E-state index >= 15 is 0 Å². The van der Waals surface area contributed by atoms with Crippen molar-refractivity contribution in [1.82, 2.24) is 0 Å². The predicted octanol–water partition coefficient (Wildman–Crippen LogP) is 11.6. The number of ether oxygens (including phenoxy) is 4. The molecule has 0 heterocycles. The van der Waals surface area contributed by atoms with E-state index in [-0.39, 0.29) is 37.0 Å². The monoisotopic (exact) mass is 927 g/mol. The summed E-state index contributed by atoms with van der Waals surface area (Å²) in [5.41, 5.74) is 28.3. The van der Waals surface area contributed by atoms with E-state index in [1.54, 1.807) is 97.1 Å². The first kappa shape index (κ1) is 52.2. The van der Waals surface area contributed by atoms with Crippen molar-refractivity contribution in [2.24, 2.45) is 23.7 Å². The van der Waals surface area contributed by atoms with Crippen molar-refractivity contribution in [3.63, 3.8) is 0 Å². The molecule has 0 bridgehead atoms. The van der Waals surface area contributed by atoms with E-state index in [4.69, 9.17) is 41.9 Å². The summed E-state index contributed by atoms with van der Waals surface area (Å²) in [5, 5.41) is 0. The molecule has 12 heteroatoms. The lowest BCUT2D eigenvalue weighted by molar-refractivity contribution is -0.141. The van der Waals surface area contributed by atoms with Crippen molar-refractivity contribution in [1.29, 1.82) is 0 Å². The number of rotatable bonds is 20. The van der Waals surface area contributed by atoms with Gasteiger partial charge in [-0.2, -0.15) is 0 Å². The van der Waals surface area contributed by atoms with Crippen LogP contribution in [0.15, 0.2) is 110 Å². The first-order valence-electron chi connectivity index (χ1n) is 24.1. The number of hydrogen-bond donors (Lipinski definition) is 4. The van der Waals surface area contributed by atoms with Crippen LogP contribution in [0.2, 0.25) is 0 Å². The summed E-state index contributed by atoms with van der Waals surface area (Å²) < 4.78 is 21.6. The summed E-state index contributed by atoms with van der Waals surface area (Å²) in [6.07, 6.45) is 25.0. The summed E-state index contributed by atoms with van der Waals surface area (Å²) >= 11 is 0. The summed E-state index contributed by atoms with van der Waals surface area (Å²) in [7, 11) is 0. The van der Waals surface area contributed by atoms with Gasteiger partial charge >= 0.3 is 23.9 Å².